The van der Waals surface area contributed by atoms with Crippen LogP contribution in [0.3, 0.4) is 0 Å². The molecule has 1 saturated heterocycles. The molecule has 1 aliphatic carbocycles. The fourth-order valence-corrected chi connectivity index (χ4v) is 5.08. The van der Waals surface area contributed by atoms with Gasteiger partial charge in [0.05, 0.1) is 35.7 Å². The van der Waals surface area contributed by atoms with Crippen molar-refractivity contribution in [2.75, 3.05) is 30.4 Å². The number of fused-ring (bicyclic) bond motifs is 2. The molecule has 192 valence electrons. The molecule has 1 aliphatic heterocycles. The normalized spacial score (nSPS) is 19.8. The van der Waals surface area contributed by atoms with Crippen molar-refractivity contribution in [2.24, 2.45) is 0 Å². The number of amides is 1. The summed E-state index contributed by atoms with van der Waals surface area (Å²) in [6, 6.07) is 6.56. The second kappa shape index (κ2) is 9.19. The first kappa shape index (κ1) is 23.5. The Hall–Kier alpha value is -3.92. The highest BCUT2D eigenvalue weighted by Gasteiger charge is 2.27. The van der Waals surface area contributed by atoms with E-state index in [1.807, 2.05) is 41.9 Å². The number of anilines is 2. The van der Waals surface area contributed by atoms with E-state index in [2.05, 4.69) is 44.3 Å². The van der Waals surface area contributed by atoms with E-state index >= 15 is 0 Å². The van der Waals surface area contributed by atoms with Gasteiger partial charge < -0.3 is 29.4 Å². The maximum absolute atomic E-state index is 13.6. The van der Waals surface area contributed by atoms with E-state index in [9.17, 15) is 4.79 Å². The lowest BCUT2D eigenvalue weighted by Crippen LogP contribution is -2.54. The summed E-state index contributed by atoms with van der Waals surface area (Å²) in [7, 11) is 1.52. The van der Waals surface area contributed by atoms with Crippen LogP contribution in [0, 0.1) is 6.92 Å². The summed E-state index contributed by atoms with van der Waals surface area (Å²) in [5, 5.41) is 7.42. The van der Waals surface area contributed by atoms with E-state index in [0.29, 0.717) is 34.6 Å². The van der Waals surface area contributed by atoms with E-state index in [1.54, 1.807) is 6.20 Å². The number of nitrogens with one attached hydrogen (secondary N) is 2. The molecule has 0 bridgehead atoms. The minimum Gasteiger partial charge on any atom is -0.486 e. The van der Waals surface area contributed by atoms with Crippen molar-refractivity contribution in [3.05, 3.63) is 48.0 Å². The third kappa shape index (κ3) is 4.64. The number of carbonyl (C=O) groups excluding carboxylic acids is 1. The van der Waals surface area contributed by atoms with Gasteiger partial charge in [0.1, 0.15) is 0 Å². The molecule has 1 aromatic carbocycles. The van der Waals surface area contributed by atoms with Gasteiger partial charge in [-0.15, -0.1) is 0 Å². The maximum Gasteiger partial charge on any atom is 0.316 e. The van der Waals surface area contributed by atoms with Crippen molar-refractivity contribution in [1.82, 2.24) is 24.7 Å². The largest absolute Gasteiger partial charge is 0.486 e. The zero-order chi connectivity index (χ0) is 25.7. The van der Waals surface area contributed by atoms with Gasteiger partial charge in [0.2, 0.25) is 0 Å². The first-order valence-corrected chi connectivity index (χ1v) is 12.7. The molecule has 2 N–H and O–H groups in total. The molecule has 10 nitrogen and oxygen atoms in total. The molecule has 2 unspecified atom stereocenters. The highest BCUT2D eigenvalue weighted by molar-refractivity contribution is 6.14. The van der Waals surface area contributed by atoms with Gasteiger partial charge in [-0.05, 0) is 45.7 Å². The average molecular weight is 502 g/mol. The second-order valence-corrected chi connectivity index (χ2v) is 10.1. The minimum absolute atomic E-state index is 0.211. The average Bonchev–Trinajstić information content (AvgIpc) is 3.60. The molecule has 1 saturated carbocycles. The molecule has 3 aromatic heterocycles. The Morgan fingerprint density at radius 1 is 1.14 bits per heavy atom. The number of pyridine rings is 1. The van der Waals surface area contributed by atoms with Crippen molar-refractivity contribution in [2.45, 2.75) is 51.8 Å². The van der Waals surface area contributed by atoms with Crippen LogP contribution < -0.4 is 25.0 Å². The first-order valence-electron chi connectivity index (χ1n) is 12.7. The third-order valence-corrected chi connectivity index (χ3v) is 6.74. The molecule has 2 fully saturated rings. The monoisotopic (exact) mass is 501 g/mol. The fraction of sp³-hybridized carbons (Fsp3) is 0.407. The van der Waals surface area contributed by atoms with E-state index < -0.39 is 0 Å². The van der Waals surface area contributed by atoms with E-state index in [-0.39, 0.29) is 18.0 Å². The van der Waals surface area contributed by atoms with Crippen LogP contribution >= 0.6 is 0 Å². The van der Waals surface area contributed by atoms with E-state index in [0.717, 1.165) is 48.3 Å². The molecule has 0 spiro atoms. The van der Waals surface area contributed by atoms with Crippen LogP contribution in [0.15, 0.2) is 36.8 Å². The number of aromatic nitrogens is 4. The molecule has 1 amide bonds. The van der Waals surface area contributed by atoms with Crippen molar-refractivity contribution in [3.63, 3.8) is 0 Å². The number of rotatable bonds is 6. The number of methoxy groups -OCH3 is 1. The van der Waals surface area contributed by atoms with Crippen molar-refractivity contribution < 1.29 is 14.3 Å². The number of carbonyl (C=O) groups is 1. The number of hydrogen-bond donors (Lipinski definition) is 2. The summed E-state index contributed by atoms with van der Waals surface area (Å²) in [6.07, 6.45) is 7.79. The van der Waals surface area contributed by atoms with Gasteiger partial charge in [-0.2, -0.15) is 4.98 Å². The van der Waals surface area contributed by atoms with Crippen LogP contribution in [0.2, 0.25) is 0 Å². The van der Waals surface area contributed by atoms with Crippen molar-refractivity contribution >= 4 is 33.8 Å². The molecule has 10 heteroatoms. The smallest absolute Gasteiger partial charge is 0.316 e. The number of nitrogens with zero attached hydrogens (tertiary/aromatic N) is 5. The number of imidazole rings is 1. The summed E-state index contributed by atoms with van der Waals surface area (Å²) in [6.45, 7) is 7.99. The zero-order valence-electron chi connectivity index (χ0n) is 21.5. The standard InChI is InChI=1S/C27H31N7O3/c1-15-11-33(12-16(2)29-15)22-8-7-20(24-21(22)10-28-27(32-24)36-4)26(35)31-18-9-23(37-19-5-6-19)25-30-17(3)13-34(25)14-18/h7-10,13-16,19,29H,5-6,11-12H2,1-4H3,(H,31,35). The zero-order valence-corrected chi connectivity index (χ0v) is 21.5. The Morgan fingerprint density at radius 3 is 2.65 bits per heavy atom. The van der Waals surface area contributed by atoms with Crippen molar-refractivity contribution in [1.29, 1.82) is 0 Å². The summed E-state index contributed by atoms with van der Waals surface area (Å²) >= 11 is 0. The Kier molecular flexibility index (Phi) is 5.83. The van der Waals surface area contributed by atoms with Crippen molar-refractivity contribution in [3.8, 4) is 11.8 Å². The summed E-state index contributed by atoms with van der Waals surface area (Å²) in [5.74, 6) is 0.396. The highest BCUT2D eigenvalue weighted by atomic mass is 16.5. The fourth-order valence-electron chi connectivity index (χ4n) is 5.08. The van der Waals surface area contributed by atoms with E-state index in [1.165, 1.54) is 7.11 Å². The van der Waals surface area contributed by atoms with Gasteiger partial charge in [-0.3, -0.25) is 4.79 Å². The highest BCUT2D eigenvalue weighted by Crippen LogP contribution is 2.33. The summed E-state index contributed by atoms with van der Waals surface area (Å²) in [4.78, 5) is 29.5. The molecule has 37 heavy (non-hydrogen) atoms. The SMILES string of the molecule is COc1ncc2c(N3CC(C)NC(C)C3)ccc(C(=O)Nc3cc(OC4CC4)c4nc(C)cn4c3)c2n1. The van der Waals surface area contributed by atoms with Gasteiger partial charge >= 0.3 is 6.01 Å². The number of hydrogen-bond acceptors (Lipinski definition) is 8. The van der Waals surface area contributed by atoms with Crippen LogP contribution in [0.4, 0.5) is 11.4 Å². The van der Waals surface area contributed by atoms with Gasteiger partial charge in [-0.25, -0.2) is 9.97 Å². The molecule has 2 atom stereocenters. The lowest BCUT2D eigenvalue weighted by atomic mass is 10.0. The minimum atomic E-state index is -0.270. The van der Waals surface area contributed by atoms with Crippen LogP contribution in [-0.4, -0.2) is 63.6 Å². The first-order chi connectivity index (χ1) is 17.9. The number of ether oxygens (including phenoxy) is 2. The molecular weight excluding hydrogens is 470 g/mol. The Morgan fingerprint density at radius 2 is 1.92 bits per heavy atom. The number of aryl methyl sites for hydroxylation is 1. The van der Waals surface area contributed by atoms with Crippen LogP contribution in [0.25, 0.3) is 16.6 Å². The Labute approximate surface area is 215 Å². The van der Waals surface area contributed by atoms with Crippen LogP contribution in [-0.2, 0) is 0 Å². The van der Waals surface area contributed by atoms with Gasteiger partial charge in [0, 0.05) is 60.9 Å². The topological polar surface area (TPSA) is 106 Å². The molecule has 4 heterocycles. The maximum atomic E-state index is 13.6. The number of benzene rings is 1. The predicted octanol–water partition coefficient (Wildman–Crippen LogP) is 3.57. The van der Waals surface area contributed by atoms with Gasteiger partial charge in [0.25, 0.3) is 5.91 Å². The quantitative estimate of drug-likeness (QED) is 0.413. The van der Waals surface area contributed by atoms with Gasteiger partial charge in [-0.1, -0.05) is 0 Å². The van der Waals surface area contributed by atoms with Crippen LogP contribution in [0.5, 0.6) is 11.8 Å². The molecular formula is C27H31N7O3. The summed E-state index contributed by atoms with van der Waals surface area (Å²) < 4.78 is 13.3. The predicted molar refractivity (Wildman–Crippen MR) is 142 cm³/mol. The van der Waals surface area contributed by atoms with Crippen LogP contribution in [0.1, 0.15) is 42.7 Å². The lowest BCUT2D eigenvalue weighted by Gasteiger charge is -2.38. The summed E-state index contributed by atoms with van der Waals surface area (Å²) in [5.41, 5.74) is 4.25. The van der Waals surface area contributed by atoms with Gasteiger partial charge in [0.15, 0.2) is 11.4 Å². The lowest BCUT2D eigenvalue weighted by molar-refractivity contribution is 0.102. The molecule has 0 radical (unpaired) electrons. The Balaban J connectivity index is 1.37. The van der Waals surface area contributed by atoms with E-state index in [4.69, 9.17) is 9.47 Å². The molecule has 4 aromatic rings. The number of piperazine rings is 1. The Bertz CT molecular complexity index is 1490. The third-order valence-electron chi connectivity index (χ3n) is 6.74. The molecule has 6 rings (SSSR count). The molecule has 2 aliphatic rings. The second-order valence-electron chi connectivity index (χ2n) is 10.1.